The number of hydrogen-bond acceptors (Lipinski definition) is 5. The summed E-state index contributed by atoms with van der Waals surface area (Å²) >= 11 is 0. The number of aliphatic hydroxyl groups excluding tert-OH is 1. The van der Waals surface area contributed by atoms with Crippen LogP contribution in [0.3, 0.4) is 0 Å². The Morgan fingerprint density at radius 1 is 1.06 bits per heavy atom. The SMILES string of the molecule is COc1ccc2c(c1)CCN(CCCC1(c3ccc(C(C)(C)C)cc3)OCC(C)(C)CO1)CC2O. The molecule has 2 aliphatic rings. The Morgan fingerprint density at radius 2 is 1.74 bits per heavy atom. The molecule has 0 aromatic heterocycles. The van der Waals surface area contributed by atoms with Gasteiger partial charge in [0.15, 0.2) is 5.79 Å². The van der Waals surface area contributed by atoms with E-state index in [9.17, 15) is 5.11 Å². The number of nitrogens with zero attached hydrogens (tertiary/aromatic N) is 1. The van der Waals surface area contributed by atoms with E-state index in [2.05, 4.69) is 69.9 Å². The third-order valence-electron chi connectivity index (χ3n) is 7.40. The highest BCUT2D eigenvalue weighted by molar-refractivity contribution is 5.38. The van der Waals surface area contributed by atoms with Crippen molar-refractivity contribution >= 4 is 0 Å². The Kier molecular flexibility index (Phi) is 7.63. The number of benzene rings is 2. The van der Waals surface area contributed by atoms with Gasteiger partial charge in [-0.15, -0.1) is 0 Å². The summed E-state index contributed by atoms with van der Waals surface area (Å²) in [6.45, 7) is 14.9. The number of aliphatic hydroxyl groups is 1. The number of ether oxygens (including phenoxy) is 3. The molecule has 0 aliphatic carbocycles. The van der Waals surface area contributed by atoms with Gasteiger partial charge in [-0.2, -0.15) is 0 Å². The fourth-order valence-corrected chi connectivity index (χ4v) is 5.09. The lowest BCUT2D eigenvalue weighted by Gasteiger charge is -2.44. The molecular weight excluding hydrogens is 438 g/mol. The van der Waals surface area contributed by atoms with Crippen molar-refractivity contribution in [2.75, 3.05) is 40.0 Å². The van der Waals surface area contributed by atoms with Gasteiger partial charge in [-0.3, -0.25) is 0 Å². The van der Waals surface area contributed by atoms with Crippen molar-refractivity contribution in [3.63, 3.8) is 0 Å². The summed E-state index contributed by atoms with van der Waals surface area (Å²) < 4.78 is 18.4. The number of fused-ring (bicyclic) bond motifs is 1. The third-order valence-corrected chi connectivity index (χ3v) is 7.40. The first-order valence-corrected chi connectivity index (χ1v) is 13.0. The van der Waals surface area contributed by atoms with E-state index in [1.165, 1.54) is 11.1 Å². The van der Waals surface area contributed by atoms with E-state index >= 15 is 0 Å². The molecule has 1 atom stereocenters. The van der Waals surface area contributed by atoms with Crippen LogP contribution in [0.1, 0.15) is 75.8 Å². The molecule has 2 aliphatic heterocycles. The molecule has 4 rings (SSSR count). The third kappa shape index (κ3) is 6.08. The van der Waals surface area contributed by atoms with Crippen LogP contribution in [0.15, 0.2) is 42.5 Å². The Morgan fingerprint density at radius 3 is 2.37 bits per heavy atom. The van der Waals surface area contributed by atoms with Crippen molar-refractivity contribution in [3.8, 4) is 5.75 Å². The molecule has 1 unspecified atom stereocenters. The summed E-state index contributed by atoms with van der Waals surface area (Å²) in [6.07, 6.45) is 2.13. The van der Waals surface area contributed by atoms with E-state index < -0.39 is 11.9 Å². The van der Waals surface area contributed by atoms with E-state index in [-0.39, 0.29) is 10.8 Å². The predicted molar refractivity (Wildman–Crippen MR) is 140 cm³/mol. The van der Waals surface area contributed by atoms with Crippen LogP contribution in [0.5, 0.6) is 5.75 Å². The second kappa shape index (κ2) is 10.2. The van der Waals surface area contributed by atoms with Crippen molar-refractivity contribution in [1.82, 2.24) is 4.90 Å². The molecule has 0 saturated carbocycles. The van der Waals surface area contributed by atoms with Gasteiger partial charge >= 0.3 is 0 Å². The highest BCUT2D eigenvalue weighted by atomic mass is 16.7. The Bertz CT molecular complexity index is 982. The summed E-state index contributed by atoms with van der Waals surface area (Å²) in [4.78, 5) is 2.36. The lowest BCUT2D eigenvalue weighted by molar-refractivity contribution is -0.311. The van der Waals surface area contributed by atoms with Gasteiger partial charge in [-0.1, -0.05) is 65.0 Å². The molecule has 2 aromatic carbocycles. The lowest BCUT2D eigenvalue weighted by Crippen LogP contribution is -2.46. The minimum Gasteiger partial charge on any atom is -0.497 e. The maximum absolute atomic E-state index is 10.9. The molecule has 5 heteroatoms. The van der Waals surface area contributed by atoms with Gasteiger partial charge in [-0.05, 0) is 53.6 Å². The van der Waals surface area contributed by atoms with Gasteiger partial charge in [0.25, 0.3) is 0 Å². The zero-order valence-corrected chi connectivity index (χ0v) is 22.4. The van der Waals surface area contributed by atoms with Crippen LogP contribution in [0.25, 0.3) is 0 Å². The van der Waals surface area contributed by atoms with Gasteiger partial charge in [0.05, 0.1) is 26.4 Å². The predicted octanol–water partition coefficient (Wildman–Crippen LogP) is 5.59. The number of β-amino-alcohol motifs (C(OH)–C–C–N with tert-alkyl or cyclic N) is 1. The highest BCUT2D eigenvalue weighted by Crippen LogP contribution is 2.40. The molecule has 5 nitrogen and oxygen atoms in total. The Balaban J connectivity index is 1.44. The van der Waals surface area contributed by atoms with Crippen LogP contribution in [0, 0.1) is 5.41 Å². The van der Waals surface area contributed by atoms with Crippen molar-refractivity contribution in [2.24, 2.45) is 5.41 Å². The maximum Gasteiger partial charge on any atom is 0.194 e. The molecule has 0 radical (unpaired) electrons. The molecule has 1 N–H and O–H groups in total. The summed E-state index contributed by atoms with van der Waals surface area (Å²) in [5, 5.41) is 10.9. The van der Waals surface area contributed by atoms with E-state index in [0.717, 1.165) is 49.2 Å². The van der Waals surface area contributed by atoms with Crippen molar-refractivity contribution in [3.05, 3.63) is 64.7 Å². The first-order valence-electron chi connectivity index (χ1n) is 13.0. The normalized spacial score (nSPS) is 22.3. The van der Waals surface area contributed by atoms with Crippen molar-refractivity contribution in [1.29, 1.82) is 0 Å². The second-order valence-electron chi connectivity index (χ2n) is 12.1. The monoisotopic (exact) mass is 481 g/mol. The lowest BCUT2D eigenvalue weighted by atomic mass is 9.85. The van der Waals surface area contributed by atoms with Gasteiger partial charge in [0.2, 0.25) is 0 Å². The van der Waals surface area contributed by atoms with Crippen LogP contribution in [0.2, 0.25) is 0 Å². The summed E-state index contributed by atoms with van der Waals surface area (Å²) in [6, 6.07) is 14.8. The quantitative estimate of drug-likeness (QED) is 0.583. The molecule has 35 heavy (non-hydrogen) atoms. The first-order chi connectivity index (χ1) is 16.5. The van der Waals surface area contributed by atoms with E-state index in [4.69, 9.17) is 14.2 Å². The fraction of sp³-hybridized carbons (Fsp3) is 0.600. The molecule has 192 valence electrons. The largest absolute Gasteiger partial charge is 0.497 e. The number of hydrogen-bond donors (Lipinski definition) is 1. The molecular formula is C30H43NO4. The second-order valence-corrected chi connectivity index (χ2v) is 12.1. The van der Waals surface area contributed by atoms with Crippen LogP contribution in [0.4, 0.5) is 0 Å². The van der Waals surface area contributed by atoms with Crippen molar-refractivity contribution in [2.45, 2.75) is 71.2 Å². The molecule has 1 fully saturated rings. The topological polar surface area (TPSA) is 51.2 Å². The highest BCUT2D eigenvalue weighted by Gasteiger charge is 2.42. The summed E-state index contributed by atoms with van der Waals surface area (Å²) in [7, 11) is 1.68. The summed E-state index contributed by atoms with van der Waals surface area (Å²) in [5.74, 6) is 0.130. The minimum absolute atomic E-state index is 0.0105. The van der Waals surface area contributed by atoms with E-state index in [0.29, 0.717) is 19.8 Å². The number of rotatable bonds is 6. The molecule has 2 aromatic rings. The molecule has 2 heterocycles. The molecule has 0 bridgehead atoms. The maximum atomic E-state index is 10.9. The van der Waals surface area contributed by atoms with Crippen LogP contribution in [-0.4, -0.2) is 50.0 Å². The minimum atomic E-state index is -0.716. The van der Waals surface area contributed by atoms with E-state index in [1.807, 2.05) is 12.1 Å². The zero-order valence-electron chi connectivity index (χ0n) is 22.4. The van der Waals surface area contributed by atoms with Crippen LogP contribution >= 0.6 is 0 Å². The molecule has 1 saturated heterocycles. The van der Waals surface area contributed by atoms with Crippen molar-refractivity contribution < 1.29 is 19.3 Å². The average molecular weight is 482 g/mol. The summed E-state index contributed by atoms with van der Waals surface area (Å²) in [5.41, 5.74) is 4.72. The van der Waals surface area contributed by atoms with Crippen LogP contribution in [-0.2, 0) is 27.1 Å². The van der Waals surface area contributed by atoms with Gasteiger partial charge in [-0.25, -0.2) is 0 Å². The van der Waals surface area contributed by atoms with Gasteiger partial charge in [0.1, 0.15) is 5.75 Å². The van der Waals surface area contributed by atoms with Crippen LogP contribution < -0.4 is 4.74 Å². The number of methoxy groups -OCH3 is 1. The fourth-order valence-electron chi connectivity index (χ4n) is 5.09. The Labute approximate surface area is 211 Å². The Hall–Kier alpha value is -1.92. The first kappa shape index (κ1) is 26.2. The smallest absolute Gasteiger partial charge is 0.194 e. The van der Waals surface area contributed by atoms with Gasteiger partial charge < -0.3 is 24.2 Å². The molecule has 0 amide bonds. The van der Waals surface area contributed by atoms with E-state index in [1.54, 1.807) is 7.11 Å². The molecule has 0 spiro atoms. The average Bonchev–Trinajstić information content (AvgIpc) is 2.98. The standard InChI is InChI=1S/C30H43NO4/c1-28(2,3)23-8-10-24(11-9-23)30(34-20-29(4,5)21-35-30)15-7-16-31-17-14-22-18-25(33-6)12-13-26(22)27(32)19-31/h8-13,18,27,32H,7,14-17,19-21H2,1-6H3. The van der Waals surface area contributed by atoms with Gasteiger partial charge in [0, 0.05) is 30.5 Å². The zero-order chi connectivity index (χ0) is 25.3.